The van der Waals surface area contributed by atoms with Crippen molar-refractivity contribution in [2.45, 2.75) is 39.8 Å². The van der Waals surface area contributed by atoms with Gasteiger partial charge in [0.25, 0.3) is 5.91 Å². The second kappa shape index (κ2) is 9.73. The fraction of sp³-hybridized carbons (Fsp3) is 0.381. The van der Waals surface area contributed by atoms with E-state index in [-0.39, 0.29) is 41.3 Å². The van der Waals surface area contributed by atoms with Gasteiger partial charge in [-0.25, -0.2) is 4.39 Å². The SMILES string of the molecule is CC[C@@H](C)N(Cc1ccc(OC)c(OS(=O)(=O)CC)c1)C(=O)c1cccc(F)c1. The first-order valence-electron chi connectivity index (χ1n) is 9.36. The Morgan fingerprint density at radius 2 is 1.86 bits per heavy atom. The number of carbonyl (C=O) groups excluding carboxylic acids is 1. The third-order valence-corrected chi connectivity index (χ3v) is 5.75. The first-order valence-corrected chi connectivity index (χ1v) is 10.9. The number of benzene rings is 2. The van der Waals surface area contributed by atoms with Crippen LogP contribution in [0.3, 0.4) is 0 Å². The maximum Gasteiger partial charge on any atom is 0.309 e. The van der Waals surface area contributed by atoms with Crippen LogP contribution in [-0.4, -0.2) is 38.1 Å². The zero-order valence-electron chi connectivity index (χ0n) is 17.0. The number of halogens is 1. The van der Waals surface area contributed by atoms with Crippen molar-refractivity contribution in [1.82, 2.24) is 4.90 Å². The summed E-state index contributed by atoms with van der Waals surface area (Å²) in [5.41, 5.74) is 0.918. The third-order valence-electron chi connectivity index (χ3n) is 4.61. The molecule has 0 saturated heterocycles. The number of methoxy groups -OCH3 is 1. The van der Waals surface area contributed by atoms with Gasteiger partial charge in [-0.05, 0) is 56.2 Å². The minimum Gasteiger partial charge on any atom is -0.493 e. The van der Waals surface area contributed by atoms with Gasteiger partial charge in [-0.3, -0.25) is 4.79 Å². The molecule has 0 aliphatic rings. The average Bonchev–Trinajstić information content (AvgIpc) is 2.71. The van der Waals surface area contributed by atoms with Crippen LogP contribution in [0.5, 0.6) is 11.5 Å². The molecule has 0 radical (unpaired) electrons. The van der Waals surface area contributed by atoms with Gasteiger partial charge in [0.05, 0.1) is 12.9 Å². The van der Waals surface area contributed by atoms with Gasteiger partial charge in [-0.1, -0.05) is 19.1 Å². The van der Waals surface area contributed by atoms with Gasteiger partial charge in [-0.15, -0.1) is 0 Å². The van der Waals surface area contributed by atoms with Crippen molar-refractivity contribution in [2.75, 3.05) is 12.9 Å². The van der Waals surface area contributed by atoms with E-state index >= 15 is 0 Å². The smallest absolute Gasteiger partial charge is 0.309 e. The molecule has 0 aliphatic heterocycles. The molecular formula is C21H26FNO5S. The van der Waals surface area contributed by atoms with Crippen LogP contribution in [0.1, 0.15) is 43.1 Å². The van der Waals surface area contributed by atoms with Crippen LogP contribution < -0.4 is 8.92 Å². The van der Waals surface area contributed by atoms with E-state index in [9.17, 15) is 17.6 Å². The summed E-state index contributed by atoms with van der Waals surface area (Å²) in [5, 5.41) is 0. The van der Waals surface area contributed by atoms with Crippen molar-refractivity contribution < 1.29 is 26.5 Å². The summed E-state index contributed by atoms with van der Waals surface area (Å²) in [7, 11) is -2.32. The first-order chi connectivity index (χ1) is 13.7. The summed E-state index contributed by atoms with van der Waals surface area (Å²) in [4.78, 5) is 14.6. The molecular weight excluding hydrogens is 397 g/mol. The topological polar surface area (TPSA) is 72.9 Å². The molecule has 29 heavy (non-hydrogen) atoms. The Kier molecular flexibility index (Phi) is 7.61. The molecule has 1 amide bonds. The van der Waals surface area contributed by atoms with Gasteiger partial charge in [0, 0.05) is 18.2 Å². The highest BCUT2D eigenvalue weighted by molar-refractivity contribution is 7.87. The quantitative estimate of drug-likeness (QED) is 0.570. The van der Waals surface area contributed by atoms with Gasteiger partial charge in [0.1, 0.15) is 5.82 Å². The summed E-state index contributed by atoms with van der Waals surface area (Å²) >= 11 is 0. The van der Waals surface area contributed by atoms with Gasteiger partial charge < -0.3 is 13.8 Å². The van der Waals surface area contributed by atoms with Crippen molar-refractivity contribution in [2.24, 2.45) is 0 Å². The van der Waals surface area contributed by atoms with E-state index in [0.29, 0.717) is 12.0 Å². The lowest BCUT2D eigenvalue weighted by molar-refractivity contribution is 0.0671. The van der Waals surface area contributed by atoms with E-state index in [2.05, 4.69) is 0 Å². The zero-order valence-corrected chi connectivity index (χ0v) is 17.8. The maximum absolute atomic E-state index is 13.6. The highest BCUT2D eigenvalue weighted by atomic mass is 32.2. The lowest BCUT2D eigenvalue weighted by Gasteiger charge is -2.29. The molecule has 0 bridgehead atoms. The Balaban J connectivity index is 2.37. The largest absolute Gasteiger partial charge is 0.493 e. The predicted molar refractivity (Wildman–Crippen MR) is 109 cm³/mol. The van der Waals surface area contributed by atoms with Gasteiger partial charge in [0.2, 0.25) is 0 Å². The van der Waals surface area contributed by atoms with Crippen LogP contribution in [-0.2, 0) is 16.7 Å². The predicted octanol–water partition coefficient (Wildman–Crippen LogP) is 4.00. The number of nitrogens with zero attached hydrogens (tertiary/aromatic N) is 1. The number of hydrogen-bond acceptors (Lipinski definition) is 5. The molecule has 2 aromatic carbocycles. The molecule has 0 unspecified atom stereocenters. The molecule has 0 aromatic heterocycles. The molecule has 0 spiro atoms. The molecule has 0 saturated carbocycles. The number of hydrogen-bond donors (Lipinski definition) is 0. The fourth-order valence-corrected chi connectivity index (χ4v) is 3.23. The second-order valence-electron chi connectivity index (χ2n) is 6.62. The van der Waals surface area contributed by atoms with E-state index in [1.54, 1.807) is 29.2 Å². The molecule has 0 heterocycles. The summed E-state index contributed by atoms with van der Waals surface area (Å²) in [6.07, 6.45) is 0.699. The van der Waals surface area contributed by atoms with Crippen molar-refractivity contribution >= 4 is 16.0 Å². The van der Waals surface area contributed by atoms with Gasteiger partial charge in [0.15, 0.2) is 11.5 Å². The molecule has 1 atom stereocenters. The first kappa shape index (κ1) is 22.7. The van der Waals surface area contributed by atoms with E-state index in [4.69, 9.17) is 8.92 Å². The van der Waals surface area contributed by atoms with E-state index < -0.39 is 15.9 Å². The molecule has 2 rings (SSSR count). The zero-order chi connectivity index (χ0) is 21.6. The Bertz CT molecular complexity index is 961. The van der Waals surface area contributed by atoms with Crippen molar-refractivity contribution in [3.05, 3.63) is 59.4 Å². The Morgan fingerprint density at radius 1 is 1.14 bits per heavy atom. The van der Waals surface area contributed by atoms with Crippen LogP contribution in [0.4, 0.5) is 4.39 Å². The normalized spacial score (nSPS) is 12.3. The number of rotatable bonds is 9. The van der Waals surface area contributed by atoms with Crippen molar-refractivity contribution in [1.29, 1.82) is 0 Å². The van der Waals surface area contributed by atoms with Gasteiger partial charge in [-0.2, -0.15) is 8.42 Å². The third kappa shape index (κ3) is 5.93. The monoisotopic (exact) mass is 423 g/mol. The molecule has 158 valence electrons. The highest BCUT2D eigenvalue weighted by Gasteiger charge is 2.22. The summed E-state index contributed by atoms with van der Waals surface area (Å²) in [6, 6.07) is 10.3. The van der Waals surface area contributed by atoms with Crippen LogP contribution in [0.15, 0.2) is 42.5 Å². The second-order valence-corrected chi connectivity index (χ2v) is 8.47. The lowest BCUT2D eigenvalue weighted by Crippen LogP contribution is -2.37. The number of amides is 1. The molecule has 0 aliphatic carbocycles. The Hall–Kier alpha value is -2.61. The lowest BCUT2D eigenvalue weighted by atomic mass is 10.1. The minimum absolute atomic E-state index is 0.0640. The van der Waals surface area contributed by atoms with E-state index in [1.807, 2.05) is 13.8 Å². The van der Waals surface area contributed by atoms with Crippen LogP contribution in [0.2, 0.25) is 0 Å². The molecule has 8 heteroatoms. The van der Waals surface area contributed by atoms with Crippen LogP contribution in [0, 0.1) is 5.82 Å². The van der Waals surface area contributed by atoms with E-state index in [1.165, 1.54) is 32.2 Å². The van der Waals surface area contributed by atoms with Gasteiger partial charge >= 0.3 is 10.1 Å². The Morgan fingerprint density at radius 3 is 2.45 bits per heavy atom. The van der Waals surface area contributed by atoms with E-state index in [0.717, 1.165) is 0 Å². The standard InChI is InChI=1S/C21H26FNO5S/c1-5-15(3)23(21(24)17-8-7-9-18(22)13-17)14-16-10-11-19(27-4)20(12-16)28-29(25,26)6-2/h7-13,15H,5-6,14H2,1-4H3/t15-/m1/s1. The molecule has 6 nitrogen and oxygen atoms in total. The number of carbonyl (C=O) groups is 1. The summed E-state index contributed by atoms with van der Waals surface area (Å²) in [6.45, 7) is 5.54. The number of ether oxygens (including phenoxy) is 1. The highest BCUT2D eigenvalue weighted by Crippen LogP contribution is 2.30. The van der Waals surface area contributed by atoms with Crippen LogP contribution in [0.25, 0.3) is 0 Å². The molecule has 0 N–H and O–H groups in total. The summed E-state index contributed by atoms with van der Waals surface area (Å²) in [5.74, 6) is -0.632. The van der Waals surface area contributed by atoms with Crippen molar-refractivity contribution in [3.63, 3.8) is 0 Å². The Labute approximate surface area is 171 Å². The average molecular weight is 424 g/mol. The minimum atomic E-state index is -3.74. The fourth-order valence-electron chi connectivity index (χ4n) is 2.71. The summed E-state index contributed by atoms with van der Waals surface area (Å²) < 4.78 is 47.6. The molecule has 2 aromatic rings. The maximum atomic E-state index is 13.6. The van der Waals surface area contributed by atoms with Crippen molar-refractivity contribution in [3.8, 4) is 11.5 Å². The van der Waals surface area contributed by atoms with Crippen LogP contribution >= 0.6 is 0 Å². The molecule has 0 fully saturated rings.